The molecule has 0 bridgehead atoms. The molecular formula is C23H30O5. The van der Waals surface area contributed by atoms with Crippen molar-refractivity contribution in [2.75, 3.05) is 14.2 Å². The third-order valence-electron chi connectivity index (χ3n) is 4.85. The number of methoxy groups -OCH3 is 2. The second-order valence-electron chi connectivity index (χ2n) is 7.21. The van der Waals surface area contributed by atoms with E-state index in [1.807, 2.05) is 65.8 Å². The van der Waals surface area contributed by atoms with Gasteiger partial charge in [0.25, 0.3) is 0 Å². The van der Waals surface area contributed by atoms with Gasteiger partial charge < -0.3 is 18.9 Å². The lowest BCUT2D eigenvalue weighted by Gasteiger charge is -2.20. The molecule has 0 fully saturated rings. The van der Waals surface area contributed by atoms with Gasteiger partial charge in [-0.1, -0.05) is 23.3 Å². The van der Waals surface area contributed by atoms with Gasteiger partial charge in [-0.3, -0.25) is 0 Å². The second kappa shape index (κ2) is 9.22. The predicted octanol–water partition coefficient (Wildman–Crippen LogP) is 5.91. The van der Waals surface area contributed by atoms with Gasteiger partial charge in [0.15, 0.2) is 0 Å². The molecule has 0 saturated heterocycles. The van der Waals surface area contributed by atoms with Crippen LogP contribution in [0, 0.1) is 27.7 Å². The first kappa shape index (κ1) is 21.9. The Morgan fingerprint density at radius 2 is 1.07 bits per heavy atom. The van der Waals surface area contributed by atoms with Crippen LogP contribution in [-0.2, 0) is 9.47 Å². The quantitative estimate of drug-likeness (QED) is 0.456. The van der Waals surface area contributed by atoms with Crippen LogP contribution in [0.5, 0.6) is 11.5 Å². The molecule has 0 spiro atoms. The zero-order chi connectivity index (χ0) is 21.0. The van der Waals surface area contributed by atoms with Crippen molar-refractivity contribution in [3.05, 3.63) is 57.6 Å². The van der Waals surface area contributed by atoms with Crippen molar-refractivity contribution in [2.24, 2.45) is 0 Å². The van der Waals surface area contributed by atoms with E-state index >= 15 is 0 Å². The van der Waals surface area contributed by atoms with Gasteiger partial charge in [-0.25, -0.2) is 4.79 Å². The van der Waals surface area contributed by atoms with Gasteiger partial charge in [0.1, 0.15) is 11.5 Å². The second-order valence-corrected chi connectivity index (χ2v) is 7.21. The van der Waals surface area contributed by atoms with Gasteiger partial charge >= 0.3 is 6.16 Å². The van der Waals surface area contributed by atoms with E-state index in [2.05, 4.69) is 0 Å². The van der Waals surface area contributed by atoms with E-state index in [1.165, 1.54) is 0 Å². The minimum atomic E-state index is -0.784. The SMILES string of the molecule is COC(C)c1cc(C)cc(C)c1OC(=O)Oc1c(C)cc(C)cc1C(C)OC. The highest BCUT2D eigenvalue weighted by molar-refractivity contribution is 5.70. The lowest BCUT2D eigenvalue weighted by atomic mass is 10.0. The van der Waals surface area contributed by atoms with Crippen LogP contribution in [0.2, 0.25) is 0 Å². The summed E-state index contributed by atoms with van der Waals surface area (Å²) in [5.41, 5.74) is 5.46. The molecule has 2 atom stereocenters. The van der Waals surface area contributed by atoms with Crippen LogP contribution in [0.15, 0.2) is 24.3 Å². The van der Waals surface area contributed by atoms with Crippen LogP contribution in [0.1, 0.15) is 59.4 Å². The molecular weight excluding hydrogens is 356 g/mol. The van der Waals surface area contributed by atoms with E-state index in [4.69, 9.17) is 18.9 Å². The Morgan fingerprint density at radius 3 is 1.39 bits per heavy atom. The summed E-state index contributed by atoms with van der Waals surface area (Å²) in [7, 11) is 3.25. The predicted molar refractivity (Wildman–Crippen MR) is 109 cm³/mol. The van der Waals surface area contributed by atoms with Crippen molar-refractivity contribution in [3.63, 3.8) is 0 Å². The van der Waals surface area contributed by atoms with Crippen LogP contribution in [0.3, 0.4) is 0 Å². The highest BCUT2D eigenvalue weighted by Crippen LogP contribution is 2.34. The molecule has 0 aliphatic carbocycles. The summed E-state index contributed by atoms with van der Waals surface area (Å²) < 4.78 is 22.1. The average Bonchev–Trinajstić information content (AvgIpc) is 2.64. The van der Waals surface area contributed by atoms with Crippen molar-refractivity contribution in [2.45, 2.75) is 53.8 Å². The molecule has 0 aliphatic rings. The number of aryl methyl sites for hydroxylation is 4. The fourth-order valence-electron chi connectivity index (χ4n) is 3.30. The molecule has 5 nitrogen and oxygen atoms in total. The standard InChI is InChI=1S/C23H30O5/c1-13-9-15(3)21(19(11-13)17(5)25-7)27-23(24)28-22-16(4)10-14(2)12-20(22)18(6)26-8/h9-12,17-18H,1-8H3. The van der Waals surface area contributed by atoms with Crippen LogP contribution < -0.4 is 9.47 Å². The Bertz CT molecular complexity index is 787. The number of carbonyl (C=O) groups is 1. The summed E-state index contributed by atoms with van der Waals surface area (Å²) in [5.74, 6) is 0.937. The highest BCUT2D eigenvalue weighted by atomic mass is 16.7. The molecule has 0 aliphatic heterocycles. The largest absolute Gasteiger partial charge is 0.519 e. The molecule has 0 aromatic heterocycles. The first-order valence-electron chi connectivity index (χ1n) is 9.35. The zero-order valence-corrected chi connectivity index (χ0v) is 18.0. The zero-order valence-electron chi connectivity index (χ0n) is 18.0. The number of hydrogen-bond acceptors (Lipinski definition) is 5. The molecule has 0 saturated carbocycles. The molecule has 0 amide bonds. The molecule has 0 radical (unpaired) electrons. The van der Waals surface area contributed by atoms with E-state index in [1.54, 1.807) is 14.2 Å². The lowest BCUT2D eigenvalue weighted by molar-refractivity contribution is 0.110. The van der Waals surface area contributed by atoms with Gasteiger partial charge in [-0.05, 0) is 64.8 Å². The summed E-state index contributed by atoms with van der Waals surface area (Å²) in [6.45, 7) is 11.6. The Labute approximate surface area is 167 Å². The molecule has 5 heteroatoms. The van der Waals surface area contributed by atoms with Gasteiger partial charge in [-0.2, -0.15) is 0 Å². The third kappa shape index (κ3) is 4.91. The van der Waals surface area contributed by atoms with E-state index in [0.717, 1.165) is 33.4 Å². The molecule has 2 aromatic carbocycles. The number of benzene rings is 2. The van der Waals surface area contributed by atoms with Crippen molar-refractivity contribution in [1.82, 2.24) is 0 Å². The minimum Gasteiger partial charge on any atom is -0.394 e. The van der Waals surface area contributed by atoms with E-state index in [9.17, 15) is 4.79 Å². The number of ether oxygens (including phenoxy) is 4. The van der Waals surface area contributed by atoms with Crippen LogP contribution in [0.4, 0.5) is 4.79 Å². The number of rotatable bonds is 6. The topological polar surface area (TPSA) is 54.0 Å². The van der Waals surface area contributed by atoms with Crippen molar-refractivity contribution in [3.8, 4) is 11.5 Å². The van der Waals surface area contributed by atoms with Crippen LogP contribution >= 0.6 is 0 Å². The first-order valence-corrected chi connectivity index (χ1v) is 9.35. The first-order chi connectivity index (χ1) is 13.2. The van der Waals surface area contributed by atoms with Gasteiger partial charge in [-0.15, -0.1) is 0 Å². The molecule has 0 heterocycles. The summed E-state index contributed by atoms with van der Waals surface area (Å²) in [6.07, 6.45) is -1.22. The molecule has 28 heavy (non-hydrogen) atoms. The summed E-state index contributed by atoms with van der Waals surface area (Å²) >= 11 is 0. The molecule has 2 unspecified atom stereocenters. The maximum atomic E-state index is 12.7. The summed E-state index contributed by atoms with van der Waals surface area (Å²) in [4.78, 5) is 12.7. The van der Waals surface area contributed by atoms with Crippen molar-refractivity contribution in [1.29, 1.82) is 0 Å². The Kier molecular flexibility index (Phi) is 7.22. The number of hydrogen-bond donors (Lipinski definition) is 0. The molecule has 2 aromatic rings. The highest BCUT2D eigenvalue weighted by Gasteiger charge is 2.22. The van der Waals surface area contributed by atoms with Crippen LogP contribution in [-0.4, -0.2) is 20.4 Å². The fourth-order valence-corrected chi connectivity index (χ4v) is 3.30. The maximum Gasteiger partial charge on any atom is 0.519 e. The minimum absolute atomic E-state index is 0.216. The van der Waals surface area contributed by atoms with Gasteiger partial charge in [0.2, 0.25) is 0 Å². The monoisotopic (exact) mass is 386 g/mol. The Morgan fingerprint density at radius 1 is 0.714 bits per heavy atom. The van der Waals surface area contributed by atoms with Gasteiger partial charge in [0.05, 0.1) is 12.2 Å². The fraction of sp³-hybridized carbons (Fsp3) is 0.435. The smallest absolute Gasteiger partial charge is 0.394 e. The Hall–Kier alpha value is -2.37. The van der Waals surface area contributed by atoms with Crippen molar-refractivity contribution >= 4 is 6.16 Å². The molecule has 2 rings (SSSR count). The third-order valence-corrected chi connectivity index (χ3v) is 4.85. The maximum absolute atomic E-state index is 12.7. The van der Waals surface area contributed by atoms with E-state index < -0.39 is 6.16 Å². The molecule has 0 N–H and O–H groups in total. The normalized spacial score (nSPS) is 13.1. The lowest BCUT2D eigenvalue weighted by Crippen LogP contribution is -2.18. The van der Waals surface area contributed by atoms with Crippen molar-refractivity contribution < 1.29 is 23.7 Å². The van der Waals surface area contributed by atoms with Crippen LogP contribution in [0.25, 0.3) is 0 Å². The number of carbonyl (C=O) groups excluding carboxylic acids is 1. The molecule has 152 valence electrons. The van der Waals surface area contributed by atoms with E-state index in [0.29, 0.717) is 11.5 Å². The average molecular weight is 386 g/mol. The summed E-state index contributed by atoms with van der Waals surface area (Å²) in [6, 6.07) is 7.84. The van der Waals surface area contributed by atoms with Gasteiger partial charge in [0, 0.05) is 25.3 Å². The van der Waals surface area contributed by atoms with E-state index in [-0.39, 0.29) is 12.2 Å². The summed E-state index contributed by atoms with van der Waals surface area (Å²) in [5, 5.41) is 0. The Balaban J connectivity index is 2.36.